The second-order valence-electron chi connectivity index (χ2n) is 6.86. The molecule has 0 aromatic heterocycles. The average Bonchev–Trinajstić information content (AvgIpc) is 3.22. The summed E-state index contributed by atoms with van der Waals surface area (Å²) in [5, 5.41) is 21.5. The molecule has 2 saturated heterocycles. The third-order valence-electron chi connectivity index (χ3n) is 4.89. The Morgan fingerprint density at radius 3 is 2.32 bits per heavy atom. The number of nitrogens with two attached hydrogens (primary N) is 1. The highest BCUT2D eigenvalue weighted by atomic mass is 16.4. The molecule has 0 aromatic rings. The lowest BCUT2D eigenvalue weighted by atomic mass is 9.77. The summed E-state index contributed by atoms with van der Waals surface area (Å²) in [6, 6.07) is -2.12. The zero-order chi connectivity index (χ0) is 18.7. The van der Waals surface area contributed by atoms with Crippen molar-refractivity contribution in [3.05, 3.63) is 0 Å². The van der Waals surface area contributed by atoms with Gasteiger partial charge in [-0.25, -0.2) is 0 Å². The van der Waals surface area contributed by atoms with Gasteiger partial charge in [0.05, 0.1) is 12.0 Å². The molecule has 0 bridgehead atoms. The van der Waals surface area contributed by atoms with E-state index in [1.165, 1.54) is 16.7 Å². The molecule has 0 radical (unpaired) electrons. The van der Waals surface area contributed by atoms with Gasteiger partial charge in [-0.2, -0.15) is 0 Å². The highest BCUT2D eigenvalue weighted by molar-refractivity contribution is 6.43. The van der Waals surface area contributed by atoms with Crippen molar-refractivity contribution in [1.29, 1.82) is 0 Å². The van der Waals surface area contributed by atoms with Crippen molar-refractivity contribution < 1.29 is 24.4 Å². The molecule has 0 aliphatic carbocycles. The van der Waals surface area contributed by atoms with Gasteiger partial charge in [-0.1, -0.05) is 0 Å². The number of carbonyl (C=O) groups is 3. The Kier molecular flexibility index (Phi) is 6.42. The third kappa shape index (κ3) is 4.31. The van der Waals surface area contributed by atoms with E-state index < -0.39 is 37.1 Å². The van der Waals surface area contributed by atoms with E-state index in [-0.39, 0.29) is 11.8 Å². The number of amides is 3. The molecule has 5 N–H and O–H groups in total. The van der Waals surface area contributed by atoms with Gasteiger partial charge in [-0.15, -0.1) is 0 Å². The van der Waals surface area contributed by atoms with E-state index in [0.29, 0.717) is 38.8 Å². The van der Waals surface area contributed by atoms with Crippen molar-refractivity contribution in [3.63, 3.8) is 0 Å². The minimum Gasteiger partial charge on any atom is -0.426 e. The molecule has 3 amide bonds. The summed E-state index contributed by atoms with van der Waals surface area (Å²) < 4.78 is 0. The molecular formula is C15H27BN4O5. The molecule has 2 heterocycles. The number of hydrogen-bond donors (Lipinski definition) is 4. The molecule has 0 aromatic carbocycles. The monoisotopic (exact) mass is 354 g/mol. The van der Waals surface area contributed by atoms with Gasteiger partial charge >= 0.3 is 7.12 Å². The van der Waals surface area contributed by atoms with Gasteiger partial charge < -0.3 is 30.9 Å². The Morgan fingerprint density at radius 2 is 1.72 bits per heavy atom. The predicted molar refractivity (Wildman–Crippen MR) is 90.9 cm³/mol. The smallest absolute Gasteiger partial charge is 0.426 e. The van der Waals surface area contributed by atoms with Crippen LogP contribution in [0.3, 0.4) is 0 Å². The largest absolute Gasteiger partial charge is 0.475 e. The molecule has 140 valence electrons. The minimum absolute atomic E-state index is 0.257. The van der Waals surface area contributed by atoms with Crippen LogP contribution < -0.4 is 11.1 Å². The average molecular weight is 354 g/mol. The van der Waals surface area contributed by atoms with E-state index in [1.54, 1.807) is 6.92 Å². The quantitative estimate of drug-likeness (QED) is 0.415. The van der Waals surface area contributed by atoms with Gasteiger partial charge in [0.15, 0.2) is 0 Å². The number of carbonyl (C=O) groups excluding carboxylic acids is 3. The molecule has 2 aliphatic rings. The third-order valence-corrected chi connectivity index (χ3v) is 4.89. The van der Waals surface area contributed by atoms with Crippen molar-refractivity contribution in [2.45, 2.75) is 63.6 Å². The number of likely N-dealkylation sites (tertiary alicyclic amines) is 2. The second kappa shape index (κ2) is 8.16. The van der Waals surface area contributed by atoms with Crippen LogP contribution in [-0.4, -0.2) is 81.8 Å². The summed E-state index contributed by atoms with van der Waals surface area (Å²) in [5.41, 5.74) is 5.49. The number of rotatable bonds is 5. The number of hydrogen-bond acceptors (Lipinski definition) is 6. The van der Waals surface area contributed by atoms with Crippen LogP contribution >= 0.6 is 0 Å². The number of nitrogens with one attached hydrogen (secondary N) is 1. The van der Waals surface area contributed by atoms with E-state index in [9.17, 15) is 24.4 Å². The van der Waals surface area contributed by atoms with Crippen LogP contribution in [0.25, 0.3) is 0 Å². The molecule has 2 aliphatic heterocycles. The standard InChI is InChI=1S/C15H27BN4O5/c1-9(17)13(21)18-10(2)14(22)19-7-3-5-11(19)15(23)20-8-4-6-12(20)16(24)25/h9-12,24-25H,3-8,17H2,1-2H3,(H,18,21)/t9-,10-,11-,12-/m0/s1. The fraction of sp³-hybridized carbons (Fsp3) is 0.800. The van der Waals surface area contributed by atoms with E-state index in [2.05, 4.69) is 5.32 Å². The first-order valence-electron chi connectivity index (χ1n) is 8.77. The lowest BCUT2D eigenvalue weighted by molar-refractivity contribution is -0.145. The zero-order valence-corrected chi connectivity index (χ0v) is 14.7. The van der Waals surface area contributed by atoms with Crippen LogP contribution in [0, 0.1) is 0 Å². The van der Waals surface area contributed by atoms with Gasteiger partial charge in [0.2, 0.25) is 17.7 Å². The van der Waals surface area contributed by atoms with Gasteiger partial charge in [0.25, 0.3) is 0 Å². The van der Waals surface area contributed by atoms with E-state index >= 15 is 0 Å². The Hall–Kier alpha value is -1.65. The molecule has 9 nitrogen and oxygen atoms in total. The fourth-order valence-corrected chi connectivity index (χ4v) is 3.51. The SMILES string of the molecule is C[C@H](N)C(=O)N[C@@H](C)C(=O)N1CCC[C@H]1C(=O)N1CCC[C@H]1B(O)O. The molecule has 0 saturated carbocycles. The van der Waals surface area contributed by atoms with Gasteiger partial charge in [0.1, 0.15) is 12.1 Å². The van der Waals surface area contributed by atoms with Crippen LogP contribution in [0.2, 0.25) is 0 Å². The molecule has 4 atom stereocenters. The Balaban J connectivity index is 2.05. The minimum atomic E-state index is -1.58. The first-order valence-corrected chi connectivity index (χ1v) is 8.77. The Labute approximate surface area is 147 Å². The summed E-state index contributed by atoms with van der Waals surface area (Å²) in [5.74, 6) is -1.64. The first kappa shape index (κ1) is 19.7. The van der Waals surface area contributed by atoms with Crippen LogP contribution in [0.1, 0.15) is 39.5 Å². The van der Waals surface area contributed by atoms with Crippen LogP contribution in [0.4, 0.5) is 0 Å². The fourth-order valence-electron chi connectivity index (χ4n) is 3.51. The zero-order valence-electron chi connectivity index (χ0n) is 14.7. The van der Waals surface area contributed by atoms with Gasteiger partial charge in [-0.05, 0) is 39.5 Å². The van der Waals surface area contributed by atoms with Crippen molar-refractivity contribution in [1.82, 2.24) is 15.1 Å². The predicted octanol–water partition coefficient (Wildman–Crippen LogP) is -2.17. The highest BCUT2D eigenvalue weighted by Crippen LogP contribution is 2.25. The maximum atomic E-state index is 12.8. The molecular weight excluding hydrogens is 327 g/mol. The lowest BCUT2D eigenvalue weighted by Crippen LogP contribution is -2.56. The Bertz CT molecular complexity index is 530. The maximum Gasteiger partial charge on any atom is 0.475 e. The molecule has 0 spiro atoms. The topological polar surface area (TPSA) is 136 Å². The van der Waals surface area contributed by atoms with Crippen LogP contribution in [0.5, 0.6) is 0 Å². The van der Waals surface area contributed by atoms with Crippen LogP contribution in [-0.2, 0) is 14.4 Å². The normalized spacial score (nSPS) is 25.6. The van der Waals surface area contributed by atoms with Crippen molar-refractivity contribution in [2.24, 2.45) is 5.73 Å². The van der Waals surface area contributed by atoms with Gasteiger partial charge in [-0.3, -0.25) is 14.4 Å². The van der Waals surface area contributed by atoms with E-state index in [0.717, 1.165) is 0 Å². The van der Waals surface area contributed by atoms with Crippen LogP contribution in [0.15, 0.2) is 0 Å². The van der Waals surface area contributed by atoms with Crippen molar-refractivity contribution >= 4 is 24.8 Å². The summed E-state index contributed by atoms with van der Waals surface area (Å²) in [4.78, 5) is 40.1. The summed E-state index contributed by atoms with van der Waals surface area (Å²) in [6.45, 7) is 3.99. The molecule has 25 heavy (non-hydrogen) atoms. The van der Waals surface area contributed by atoms with E-state index in [4.69, 9.17) is 5.73 Å². The summed E-state index contributed by atoms with van der Waals surface area (Å²) in [7, 11) is -1.58. The molecule has 0 unspecified atom stereocenters. The molecule has 2 rings (SSSR count). The van der Waals surface area contributed by atoms with Crippen molar-refractivity contribution in [3.8, 4) is 0 Å². The van der Waals surface area contributed by atoms with E-state index in [1.807, 2.05) is 0 Å². The second-order valence-corrected chi connectivity index (χ2v) is 6.86. The first-order chi connectivity index (χ1) is 11.7. The molecule has 2 fully saturated rings. The number of nitrogens with zero attached hydrogens (tertiary/aromatic N) is 2. The highest BCUT2D eigenvalue weighted by Gasteiger charge is 2.43. The summed E-state index contributed by atoms with van der Waals surface area (Å²) >= 11 is 0. The maximum absolute atomic E-state index is 12.8. The Morgan fingerprint density at radius 1 is 1.12 bits per heavy atom. The lowest BCUT2D eigenvalue weighted by Gasteiger charge is -2.32. The molecule has 10 heteroatoms. The summed E-state index contributed by atoms with van der Waals surface area (Å²) in [6.07, 6.45) is 2.46. The van der Waals surface area contributed by atoms with Crippen molar-refractivity contribution in [2.75, 3.05) is 13.1 Å². The van der Waals surface area contributed by atoms with Gasteiger partial charge in [0, 0.05) is 13.1 Å².